The summed E-state index contributed by atoms with van der Waals surface area (Å²) in [6.45, 7) is 8.51. The Morgan fingerprint density at radius 3 is 2.57 bits per heavy atom. The van der Waals surface area contributed by atoms with E-state index in [9.17, 15) is 4.79 Å². The summed E-state index contributed by atoms with van der Waals surface area (Å²) >= 11 is 0. The maximum absolute atomic E-state index is 12.8. The molecule has 1 aromatic carbocycles. The maximum atomic E-state index is 12.8. The van der Waals surface area contributed by atoms with Crippen LogP contribution in [-0.2, 0) is 17.8 Å². The Balaban J connectivity index is 2.12. The number of carbonyl (C=O) groups excluding carboxylic acids is 1. The Morgan fingerprint density at radius 2 is 1.95 bits per heavy atom. The van der Waals surface area contributed by atoms with Crippen LogP contribution in [0.15, 0.2) is 24.3 Å². The van der Waals surface area contributed by atoms with Crippen LogP contribution in [0.4, 0.5) is 0 Å². The standard InChI is InChI=1S/C18H28N2O/c1-18(2,3)11-16(12-19)17(21)20-10-6-9-14-7-4-5-8-15(14)13-20/h4-5,7-8,16H,6,9-13,19H2,1-3H3. The molecule has 0 aromatic heterocycles. The topological polar surface area (TPSA) is 46.3 Å². The Morgan fingerprint density at radius 1 is 1.29 bits per heavy atom. The molecule has 1 amide bonds. The second kappa shape index (κ2) is 6.61. The molecule has 0 bridgehead atoms. The van der Waals surface area contributed by atoms with Crippen molar-refractivity contribution in [1.82, 2.24) is 4.90 Å². The van der Waals surface area contributed by atoms with Gasteiger partial charge in [-0.05, 0) is 35.8 Å². The number of hydrogen-bond donors (Lipinski definition) is 1. The van der Waals surface area contributed by atoms with Gasteiger partial charge in [-0.3, -0.25) is 4.79 Å². The molecule has 1 unspecified atom stereocenters. The molecule has 3 heteroatoms. The highest BCUT2D eigenvalue weighted by atomic mass is 16.2. The van der Waals surface area contributed by atoms with Crippen LogP contribution < -0.4 is 5.73 Å². The minimum atomic E-state index is -0.0599. The number of nitrogens with two attached hydrogens (primary N) is 1. The molecule has 1 aliphatic heterocycles. The zero-order valence-corrected chi connectivity index (χ0v) is 13.6. The number of carbonyl (C=O) groups is 1. The molecule has 1 aromatic rings. The first kappa shape index (κ1) is 16.0. The van der Waals surface area contributed by atoms with Gasteiger partial charge in [0.2, 0.25) is 5.91 Å². The van der Waals surface area contributed by atoms with Gasteiger partial charge in [0.1, 0.15) is 0 Å². The Bertz CT molecular complexity index is 490. The summed E-state index contributed by atoms with van der Waals surface area (Å²) in [7, 11) is 0. The van der Waals surface area contributed by atoms with E-state index < -0.39 is 0 Å². The monoisotopic (exact) mass is 288 g/mol. The van der Waals surface area contributed by atoms with Crippen molar-refractivity contribution in [3.8, 4) is 0 Å². The van der Waals surface area contributed by atoms with Gasteiger partial charge in [0.25, 0.3) is 0 Å². The predicted octanol–water partition coefficient (Wildman–Crippen LogP) is 2.97. The molecule has 21 heavy (non-hydrogen) atoms. The van der Waals surface area contributed by atoms with Crippen LogP contribution in [-0.4, -0.2) is 23.9 Å². The lowest BCUT2D eigenvalue weighted by atomic mass is 9.84. The summed E-state index contributed by atoms with van der Waals surface area (Å²) in [6.07, 6.45) is 2.95. The number of aryl methyl sites for hydroxylation is 1. The Hall–Kier alpha value is -1.35. The SMILES string of the molecule is CC(C)(C)CC(CN)C(=O)N1CCCc2ccccc2C1. The molecule has 3 nitrogen and oxygen atoms in total. The van der Waals surface area contributed by atoms with Gasteiger partial charge < -0.3 is 10.6 Å². The van der Waals surface area contributed by atoms with Crippen molar-refractivity contribution in [3.05, 3.63) is 35.4 Å². The van der Waals surface area contributed by atoms with Crippen LogP contribution >= 0.6 is 0 Å². The fourth-order valence-electron chi connectivity index (χ4n) is 3.16. The first-order valence-corrected chi connectivity index (χ1v) is 7.96. The molecular weight excluding hydrogens is 260 g/mol. The molecular formula is C18H28N2O. The second-order valence-electron chi connectivity index (χ2n) is 7.33. The molecule has 1 heterocycles. The van der Waals surface area contributed by atoms with Gasteiger partial charge >= 0.3 is 0 Å². The second-order valence-corrected chi connectivity index (χ2v) is 7.33. The van der Waals surface area contributed by atoms with Gasteiger partial charge in [-0.2, -0.15) is 0 Å². The summed E-state index contributed by atoms with van der Waals surface area (Å²) in [5, 5.41) is 0. The number of nitrogens with zero attached hydrogens (tertiary/aromatic N) is 1. The first-order chi connectivity index (χ1) is 9.90. The van der Waals surface area contributed by atoms with E-state index in [1.165, 1.54) is 11.1 Å². The molecule has 0 radical (unpaired) electrons. The van der Waals surface area contributed by atoms with E-state index >= 15 is 0 Å². The van der Waals surface area contributed by atoms with E-state index in [1.807, 2.05) is 4.90 Å². The molecule has 1 aliphatic rings. The Kier molecular flexibility index (Phi) is 5.04. The van der Waals surface area contributed by atoms with E-state index in [4.69, 9.17) is 5.73 Å². The zero-order chi connectivity index (χ0) is 15.5. The van der Waals surface area contributed by atoms with Crippen molar-refractivity contribution in [2.24, 2.45) is 17.1 Å². The van der Waals surface area contributed by atoms with Crippen LogP contribution in [0, 0.1) is 11.3 Å². The van der Waals surface area contributed by atoms with E-state index in [0.29, 0.717) is 6.54 Å². The summed E-state index contributed by atoms with van der Waals surface area (Å²) in [5.41, 5.74) is 8.67. The van der Waals surface area contributed by atoms with Gasteiger partial charge in [0, 0.05) is 19.6 Å². The number of amides is 1. The van der Waals surface area contributed by atoms with Gasteiger partial charge in [-0.15, -0.1) is 0 Å². The van der Waals surface area contributed by atoms with E-state index in [0.717, 1.165) is 32.4 Å². The van der Waals surface area contributed by atoms with Crippen molar-refractivity contribution in [1.29, 1.82) is 0 Å². The third-order valence-corrected chi connectivity index (χ3v) is 4.16. The van der Waals surface area contributed by atoms with E-state index in [1.54, 1.807) is 0 Å². The quantitative estimate of drug-likeness (QED) is 0.929. The molecule has 116 valence electrons. The molecule has 0 saturated heterocycles. The molecule has 1 atom stereocenters. The largest absolute Gasteiger partial charge is 0.338 e. The van der Waals surface area contributed by atoms with Crippen LogP contribution in [0.25, 0.3) is 0 Å². The summed E-state index contributed by atoms with van der Waals surface area (Å²) in [4.78, 5) is 14.8. The number of benzene rings is 1. The number of rotatable bonds is 3. The average Bonchev–Trinajstić information content (AvgIpc) is 2.65. The molecule has 0 saturated carbocycles. The zero-order valence-electron chi connectivity index (χ0n) is 13.6. The highest BCUT2D eigenvalue weighted by molar-refractivity contribution is 5.79. The molecule has 0 fully saturated rings. The fraction of sp³-hybridized carbons (Fsp3) is 0.611. The first-order valence-electron chi connectivity index (χ1n) is 7.96. The normalized spacial score (nSPS) is 17.0. The number of hydrogen-bond acceptors (Lipinski definition) is 2. The summed E-state index contributed by atoms with van der Waals surface area (Å²) in [5.74, 6) is 0.166. The van der Waals surface area contributed by atoms with Crippen LogP contribution in [0.2, 0.25) is 0 Å². The van der Waals surface area contributed by atoms with Crippen LogP contribution in [0.5, 0.6) is 0 Å². The molecule has 0 spiro atoms. The van der Waals surface area contributed by atoms with Crippen molar-refractivity contribution < 1.29 is 4.79 Å². The fourth-order valence-corrected chi connectivity index (χ4v) is 3.16. The average molecular weight is 288 g/mol. The van der Waals surface area contributed by atoms with Gasteiger partial charge in [0.15, 0.2) is 0 Å². The lowest BCUT2D eigenvalue weighted by Gasteiger charge is -2.29. The molecule has 2 rings (SSSR count). The third kappa shape index (κ3) is 4.31. The smallest absolute Gasteiger partial charge is 0.227 e. The third-order valence-electron chi connectivity index (χ3n) is 4.16. The maximum Gasteiger partial charge on any atom is 0.227 e. The van der Waals surface area contributed by atoms with Crippen molar-refractivity contribution in [2.45, 2.75) is 46.6 Å². The van der Waals surface area contributed by atoms with Gasteiger partial charge in [-0.25, -0.2) is 0 Å². The number of fused-ring (bicyclic) bond motifs is 1. The highest BCUT2D eigenvalue weighted by Crippen LogP contribution is 2.27. The minimum Gasteiger partial charge on any atom is -0.338 e. The van der Waals surface area contributed by atoms with Crippen molar-refractivity contribution >= 4 is 5.91 Å². The summed E-state index contributed by atoms with van der Waals surface area (Å²) < 4.78 is 0. The lowest BCUT2D eigenvalue weighted by molar-refractivity contribution is -0.136. The molecule has 0 aliphatic carbocycles. The highest BCUT2D eigenvalue weighted by Gasteiger charge is 2.28. The van der Waals surface area contributed by atoms with Crippen LogP contribution in [0.1, 0.15) is 44.7 Å². The van der Waals surface area contributed by atoms with Crippen molar-refractivity contribution in [3.63, 3.8) is 0 Å². The lowest BCUT2D eigenvalue weighted by Crippen LogP contribution is -2.40. The Labute approximate surface area is 128 Å². The van der Waals surface area contributed by atoms with Gasteiger partial charge in [-0.1, -0.05) is 45.0 Å². The van der Waals surface area contributed by atoms with Crippen molar-refractivity contribution in [2.75, 3.05) is 13.1 Å². The minimum absolute atomic E-state index is 0.0599. The predicted molar refractivity (Wildman–Crippen MR) is 86.8 cm³/mol. The van der Waals surface area contributed by atoms with E-state index in [2.05, 4.69) is 45.0 Å². The van der Waals surface area contributed by atoms with Gasteiger partial charge in [0.05, 0.1) is 5.92 Å². The van der Waals surface area contributed by atoms with E-state index in [-0.39, 0.29) is 17.2 Å². The summed E-state index contributed by atoms with van der Waals surface area (Å²) in [6, 6.07) is 8.46. The molecule has 2 N–H and O–H groups in total. The van der Waals surface area contributed by atoms with Crippen LogP contribution in [0.3, 0.4) is 0 Å².